The number of hydrogen-bond acceptors (Lipinski definition) is 5. The number of rotatable bonds is 4. The van der Waals surface area contributed by atoms with Gasteiger partial charge >= 0.3 is 0 Å². The Kier molecular flexibility index (Phi) is 3.99. The number of hydrogen-bond donors (Lipinski definition) is 2. The third-order valence-electron chi connectivity index (χ3n) is 3.00. The maximum atomic E-state index is 12.1. The van der Waals surface area contributed by atoms with Crippen LogP contribution in [0.3, 0.4) is 0 Å². The zero-order valence-electron chi connectivity index (χ0n) is 11.3. The molecular weight excluding hydrogens is 292 g/mol. The third kappa shape index (κ3) is 3.61. The summed E-state index contributed by atoms with van der Waals surface area (Å²) < 4.78 is 22.7. The molecule has 0 radical (unpaired) electrons. The van der Waals surface area contributed by atoms with Crippen molar-refractivity contribution < 1.29 is 23.4 Å². The van der Waals surface area contributed by atoms with Crippen molar-refractivity contribution in [3.05, 3.63) is 53.6 Å². The molecule has 2 rings (SSSR count). The summed E-state index contributed by atoms with van der Waals surface area (Å²) in [5, 5.41) is 19.0. The van der Waals surface area contributed by atoms with E-state index in [1.807, 2.05) is 0 Å². The first-order valence-corrected chi connectivity index (χ1v) is 8.00. The predicted molar refractivity (Wildman–Crippen MR) is 77.4 cm³/mol. The lowest BCUT2D eigenvalue weighted by Crippen LogP contribution is -2.04. The average Bonchev–Trinajstić information content (AvgIpc) is 2.41. The first-order chi connectivity index (χ1) is 9.77. The van der Waals surface area contributed by atoms with Gasteiger partial charge in [-0.3, -0.25) is 4.79 Å². The molecule has 0 amide bonds. The molecule has 0 aliphatic heterocycles. The van der Waals surface area contributed by atoms with E-state index in [9.17, 15) is 23.4 Å². The number of phenolic OH excluding ortho intramolecular Hbond substituents is 2. The third-order valence-corrected chi connectivity index (χ3v) is 4.13. The van der Waals surface area contributed by atoms with E-state index in [2.05, 4.69) is 0 Å². The largest absolute Gasteiger partial charge is 0.508 e. The minimum absolute atomic E-state index is 0.00105. The average molecular weight is 306 g/mol. The normalized spacial score (nSPS) is 11.3. The van der Waals surface area contributed by atoms with Crippen molar-refractivity contribution >= 4 is 15.6 Å². The molecule has 2 aromatic carbocycles. The molecular formula is C15H14O5S. The van der Waals surface area contributed by atoms with Crippen LogP contribution in [0.1, 0.15) is 15.9 Å². The van der Waals surface area contributed by atoms with E-state index in [1.165, 1.54) is 30.3 Å². The zero-order chi connectivity index (χ0) is 15.6. The number of Topliss-reactive ketones (excluding diaryl/α,β-unsaturated/α-hetero) is 1. The minimum atomic E-state index is -3.27. The van der Waals surface area contributed by atoms with Gasteiger partial charge in [-0.1, -0.05) is 12.1 Å². The molecule has 0 atom stereocenters. The van der Waals surface area contributed by atoms with Crippen molar-refractivity contribution in [1.29, 1.82) is 0 Å². The highest BCUT2D eigenvalue weighted by Crippen LogP contribution is 2.23. The molecule has 0 aliphatic rings. The van der Waals surface area contributed by atoms with Crippen LogP contribution in [0, 0.1) is 0 Å². The first kappa shape index (κ1) is 15.1. The van der Waals surface area contributed by atoms with Crippen LogP contribution < -0.4 is 0 Å². The van der Waals surface area contributed by atoms with Crippen LogP contribution in [0.4, 0.5) is 0 Å². The highest BCUT2D eigenvalue weighted by molar-refractivity contribution is 7.90. The van der Waals surface area contributed by atoms with Crippen molar-refractivity contribution in [2.45, 2.75) is 11.3 Å². The van der Waals surface area contributed by atoms with Crippen molar-refractivity contribution in [3.8, 4) is 11.5 Å². The van der Waals surface area contributed by atoms with Gasteiger partial charge in [-0.05, 0) is 35.9 Å². The molecule has 0 bridgehead atoms. The fraction of sp³-hybridized carbons (Fsp3) is 0.133. The number of benzene rings is 2. The second-order valence-electron chi connectivity index (χ2n) is 4.72. The van der Waals surface area contributed by atoms with E-state index >= 15 is 0 Å². The summed E-state index contributed by atoms with van der Waals surface area (Å²) in [4.78, 5) is 12.3. The van der Waals surface area contributed by atoms with Crippen molar-refractivity contribution in [3.63, 3.8) is 0 Å². The molecule has 0 spiro atoms. The molecule has 2 aromatic rings. The minimum Gasteiger partial charge on any atom is -0.508 e. The van der Waals surface area contributed by atoms with Crippen LogP contribution in [0.5, 0.6) is 11.5 Å². The van der Waals surface area contributed by atoms with E-state index in [0.29, 0.717) is 5.56 Å². The SMILES string of the molecule is CS(=O)(=O)c1ccc(CC(=O)c2cc(O)ccc2O)cc1. The number of sulfone groups is 1. The van der Waals surface area contributed by atoms with Gasteiger partial charge < -0.3 is 10.2 Å². The maximum absolute atomic E-state index is 12.1. The van der Waals surface area contributed by atoms with Crippen molar-refractivity contribution in [2.24, 2.45) is 0 Å². The quantitative estimate of drug-likeness (QED) is 0.665. The smallest absolute Gasteiger partial charge is 0.175 e. The lowest BCUT2D eigenvalue weighted by molar-refractivity contribution is 0.0990. The lowest BCUT2D eigenvalue weighted by Gasteiger charge is -2.05. The van der Waals surface area contributed by atoms with Crippen LogP contribution in [-0.2, 0) is 16.3 Å². The Balaban J connectivity index is 2.22. The second-order valence-corrected chi connectivity index (χ2v) is 6.73. The Hall–Kier alpha value is -2.34. The Labute approximate surface area is 122 Å². The van der Waals surface area contributed by atoms with Crippen molar-refractivity contribution in [1.82, 2.24) is 0 Å². The van der Waals surface area contributed by atoms with Gasteiger partial charge in [-0.25, -0.2) is 8.42 Å². The Bertz CT molecular complexity index is 776. The van der Waals surface area contributed by atoms with Gasteiger partial charge in [0, 0.05) is 12.7 Å². The second kappa shape index (κ2) is 5.57. The molecule has 0 aromatic heterocycles. The highest BCUT2D eigenvalue weighted by Gasteiger charge is 2.13. The van der Waals surface area contributed by atoms with E-state index in [-0.39, 0.29) is 34.2 Å². The van der Waals surface area contributed by atoms with Crippen LogP contribution in [0.2, 0.25) is 0 Å². The van der Waals surface area contributed by atoms with Gasteiger partial charge in [0.05, 0.1) is 10.5 Å². The fourth-order valence-corrected chi connectivity index (χ4v) is 2.51. The number of ketones is 1. The van der Waals surface area contributed by atoms with E-state index in [0.717, 1.165) is 6.26 Å². The van der Waals surface area contributed by atoms with Gasteiger partial charge in [-0.15, -0.1) is 0 Å². The fourth-order valence-electron chi connectivity index (χ4n) is 1.88. The van der Waals surface area contributed by atoms with Gasteiger partial charge in [0.15, 0.2) is 15.6 Å². The molecule has 0 saturated heterocycles. The van der Waals surface area contributed by atoms with Gasteiger partial charge in [-0.2, -0.15) is 0 Å². The Morgan fingerprint density at radius 3 is 2.24 bits per heavy atom. The topological polar surface area (TPSA) is 91.7 Å². The van der Waals surface area contributed by atoms with Gasteiger partial charge in [0.1, 0.15) is 11.5 Å². The molecule has 21 heavy (non-hydrogen) atoms. The van der Waals surface area contributed by atoms with Crippen LogP contribution in [0.15, 0.2) is 47.4 Å². The Morgan fingerprint density at radius 2 is 1.67 bits per heavy atom. The monoisotopic (exact) mass is 306 g/mol. The maximum Gasteiger partial charge on any atom is 0.175 e. The summed E-state index contributed by atoms with van der Waals surface area (Å²) in [6, 6.07) is 9.69. The van der Waals surface area contributed by atoms with Gasteiger partial charge in [0.2, 0.25) is 0 Å². The number of phenols is 2. The molecule has 0 fully saturated rings. The van der Waals surface area contributed by atoms with Crippen LogP contribution in [0.25, 0.3) is 0 Å². The van der Waals surface area contributed by atoms with E-state index in [1.54, 1.807) is 12.1 Å². The molecule has 6 heteroatoms. The number of aromatic hydroxyl groups is 2. The van der Waals surface area contributed by atoms with Crippen molar-refractivity contribution in [2.75, 3.05) is 6.26 Å². The molecule has 0 aliphatic carbocycles. The zero-order valence-corrected chi connectivity index (χ0v) is 12.1. The molecule has 0 saturated carbocycles. The summed E-state index contributed by atoms with van der Waals surface area (Å²) in [7, 11) is -3.27. The number of carbonyl (C=O) groups excluding carboxylic acids is 1. The highest BCUT2D eigenvalue weighted by atomic mass is 32.2. The van der Waals surface area contributed by atoms with E-state index < -0.39 is 9.84 Å². The molecule has 2 N–H and O–H groups in total. The first-order valence-electron chi connectivity index (χ1n) is 6.11. The molecule has 110 valence electrons. The lowest BCUT2D eigenvalue weighted by atomic mass is 10.0. The van der Waals surface area contributed by atoms with Gasteiger partial charge in [0.25, 0.3) is 0 Å². The summed E-state index contributed by atoms with van der Waals surface area (Å²) in [5.41, 5.74) is 0.650. The summed E-state index contributed by atoms with van der Waals surface area (Å²) in [6.07, 6.45) is 1.11. The molecule has 5 nitrogen and oxygen atoms in total. The number of carbonyl (C=O) groups is 1. The molecule has 0 heterocycles. The summed E-state index contributed by atoms with van der Waals surface area (Å²) in [5.74, 6) is -0.676. The summed E-state index contributed by atoms with van der Waals surface area (Å²) >= 11 is 0. The van der Waals surface area contributed by atoms with E-state index in [4.69, 9.17) is 0 Å². The van der Waals surface area contributed by atoms with Crippen LogP contribution >= 0.6 is 0 Å². The summed E-state index contributed by atoms with van der Waals surface area (Å²) in [6.45, 7) is 0. The Morgan fingerprint density at radius 1 is 1.05 bits per heavy atom. The standard InChI is InChI=1S/C15H14O5S/c1-21(19,20)12-5-2-10(3-6-12)8-15(18)13-9-11(16)4-7-14(13)17/h2-7,9,16-17H,8H2,1H3. The van der Waals surface area contributed by atoms with Crippen LogP contribution in [-0.4, -0.2) is 30.7 Å². The predicted octanol–water partition coefficient (Wildman–Crippen LogP) is 1.93. The molecule has 0 unspecified atom stereocenters.